The van der Waals surface area contributed by atoms with Crippen molar-refractivity contribution in [3.05, 3.63) is 24.2 Å². The van der Waals surface area contributed by atoms with Crippen molar-refractivity contribution in [2.45, 2.75) is 50.7 Å². The molecule has 16 heteroatoms. The van der Waals surface area contributed by atoms with Crippen LogP contribution in [0.4, 0.5) is 5.82 Å². The molecule has 3 N–H and O–H groups in total. The van der Waals surface area contributed by atoms with Crippen molar-refractivity contribution in [1.82, 2.24) is 19.7 Å². The summed E-state index contributed by atoms with van der Waals surface area (Å²) in [5, 5.41) is 16.7. The van der Waals surface area contributed by atoms with Crippen molar-refractivity contribution in [2.24, 2.45) is 0 Å². The van der Waals surface area contributed by atoms with Crippen LogP contribution in [0.15, 0.2) is 18.5 Å². The molecule has 1 aliphatic heterocycles. The van der Waals surface area contributed by atoms with Crippen LogP contribution in [0.2, 0.25) is 0 Å². The lowest BCUT2D eigenvalue weighted by Gasteiger charge is -2.28. The van der Waals surface area contributed by atoms with E-state index in [2.05, 4.69) is 19.9 Å². The molecule has 0 amide bonds. The second-order valence-corrected chi connectivity index (χ2v) is 8.96. The van der Waals surface area contributed by atoms with E-state index in [0.717, 1.165) is 13.8 Å². The Morgan fingerprint density at radius 2 is 2.03 bits per heavy atom. The zero-order valence-corrected chi connectivity index (χ0v) is 20.8. The second-order valence-electron chi connectivity index (χ2n) is 7.81. The number of methoxy groups -OCH3 is 1. The number of hydrogen-bond donors (Lipinski definition) is 2. The van der Waals surface area contributed by atoms with Crippen LogP contribution < -0.4 is 10.8 Å². The zero-order chi connectivity index (χ0) is 26.6. The zero-order valence-electron chi connectivity index (χ0n) is 19.8. The predicted octanol–water partition coefficient (Wildman–Crippen LogP) is 0.0660. The molecule has 1 fully saturated rings. The fourth-order valence-corrected chi connectivity index (χ4v) is 4.62. The fourth-order valence-electron chi connectivity index (χ4n) is 3.72. The third-order valence-corrected chi connectivity index (χ3v) is 6.36. The molecule has 0 saturated carbocycles. The summed E-state index contributed by atoms with van der Waals surface area (Å²) in [6.07, 6.45) is -2.77. The molecular formula is C20H25N6O9P. The van der Waals surface area contributed by atoms with E-state index in [1.807, 2.05) is 6.07 Å². The van der Waals surface area contributed by atoms with Crippen molar-refractivity contribution in [1.29, 1.82) is 5.26 Å². The summed E-state index contributed by atoms with van der Waals surface area (Å²) >= 11 is 0. The minimum Gasteiger partial charge on any atom is -0.468 e. The molecule has 3 rings (SSSR count). The van der Waals surface area contributed by atoms with Crippen LogP contribution in [0.5, 0.6) is 0 Å². The van der Waals surface area contributed by atoms with Gasteiger partial charge < -0.3 is 29.2 Å². The maximum atomic E-state index is 12.5. The number of aromatic nitrogens is 3. The van der Waals surface area contributed by atoms with Crippen molar-refractivity contribution in [3.8, 4) is 6.07 Å². The molecule has 0 spiro atoms. The van der Waals surface area contributed by atoms with E-state index in [4.69, 9.17) is 24.5 Å². The summed E-state index contributed by atoms with van der Waals surface area (Å²) in [4.78, 5) is 39.4. The van der Waals surface area contributed by atoms with Crippen molar-refractivity contribution < 1.29 is 42.4 Å². The van der Waals surface area contributed by atoms with Crippen LogP contribution in [-0.2, 0) is 42.4 Å². The summed E-state index contributed by atoms with van der Waals surface area (Å²) in [6, 6.07) is 4.11. The summed E-state index contributed by atoms with van der Waals surface area (Å²) in [7, 11) is -1.94. The Labute approximate surface area is 205 Å². The molecule has 0 aromatic carbocycles. The van der Waals surface area contributed by atoms with E-state index >= 15 is 0 Å². The Balaban J connectivity index is 1.99. The minimum absolute atomic E-state index is 0.161. The quantitative estimate of drug-likeness (QED) is 0.253. The van der Waals surface area contributed by atoms with Crippen molar-refractivity contribution in [2.75, 3.05) is 19.5 Å². The highest BCUT2D eigenvalue weighted by Gasteiger charge is 2.61. The standard InChI is InChI=1S/C20H25N6O9P/c1-10(19(29)31-4)25-36(30)32-8-20(7-21)17(34-12(3)28)16(33-11(2)27)15(35-20)13-5-6-14-18(22)23-9-24-26(13)14/h5-6,9-10,15-17,36H,8H2,1-4H3,(H,25,30)(H2,22,23,24)/t10-,15-,16-,17-,20+/m0/s1. The van der Waals surface area contributed by atoms with E-state index in [0.29, 0.717) is 11.2 Å². The first-order valence-electron chi connectivity index (χ1n) is 10.6. The molecule has 1 aliphatic rings. The number of ether oxygens (including phenoxy) is 4. The van der Waals surface area contributed by atoms with Gasteiger partial charge in [-0.25, -0.2) is 14.6 Å². The van der Waals surface area contributed by atoms with E-state index in [1.165, 1.54) is 24.9 Å². The van der Waals surface area contributed by atoms with Gasteiger partial charge in [-0.05, 0) is 19.1 Å². The minimum atomic E-state index is -3.10. The van der Waals surface area contributed by atoms with E-state index < -0.39 is 62.6 Å². The number of nitrogens with zero attached hydrogens (tertiary/aromatic N) is 4. The van der Waals surface area contributed by atoms with Crippen LogP contribution in [-0.4, -0.2) is 70.1 Å². The van der Waals surface area contributed by atoms with Gasteiger partial charge in [0, 0.05) is 13.8 Å². The molecule has 0 aliphatic carbocycles. The summed E-state index contributed by atoms with van der Waals surface area (Å²) in [5.74, 6) is -2.05. The van der Waals surface area contributed by atoms with Gasteiger partial charge in [0.15, 0.2) is 18.0 Å². The van der Waals surface area contributed by atoms with Crippen molar-refractivity contribution >= 4 is 37.4 Å². The van der Waals surface area contributed by atoms with Gasteiger partial charge in [0.05, 0.1) is 12.8 Å². The number of rotatable bonds is 9. The number of esters is 3. The molecule has 2 aromatic rings. The summed E-state index contributed by atoms with van der Waals surface area (Å²) in [5.41, 5.74) is 4.56. The Morgan fingerprint density at radius 3 is 2.64 bits per heavy atom. The first-order chi connectivity index (χ1) is 17.0. The maximum Gasteiger partial charge on any atom is 0.322 e. The Morgan fingerprint density at radius 1 is 1.33 bits per heavy atom. The lowest BCUT2D eigenvalue weighted by molar-refractivity contribution is -0.166. The van der Waals surface area contributed by atoms with Crippen LogP contribution in [0.3, 0.4) is 0 Å². The number of carbonyl (C=O) groups excluding carboxylic acids is 3. The molecule has 0 bridgehead atoms. The molecule has 1 saturated heterocycles. The van der Waals surface area contributed by atoms with Crippen LogP contribution in [0, 0.1) is 11.3 Å². The van der Waals surface area contributed by atoms with Crippen LogP contribution >= 0.6 is 8.18 Å². The number of hydrogen-bond acceptors (Lipinski definition) is 13. The molecule has 6 atom stereocenters. The van der Waals surface area contributed by atoms with Crippen LogP contribution in [0.25, 0.3) is 5.52 Å². The molecule has 194 valence electrons. The maximum absolute atomic E-state index is 12.5. The highest BCUT2D eigenvalue weighted by molar-refractivity contribution is 7.36. The average Bonchev–Trinajstić information content (AvgIpc) is 3.37. The SMILES string of the molecule is COC(=O)[C@H](C)N[PH](=O)OC[C@@]1(C#N)O[C@@H](c2ccc3c(N)ncnn23)[C@H](OC(C)=O)[C@@H]1OC(C)=O. The van der Waals surface area contributed by atoms with Crippen LogP contribution in [0.1, 0.15) is 32.6 Å². The Hall–Kier alpha value is -3.57. The monoisotopic (exact) mass is 524 g/mol. The normalized spacial score (nSPS) is 25.0. The first kappa shape index (κ1) is 27.0. The third-order valence-electron chi connectivity index (χ3n) is 5.29. The van der Waals surface area contributed by atoms with Gasteiger partial charge in [0.1, 0.15) is 36.7 Å². The van der Waals surface area contributed by atoms with Gasteiger partial charge >= 0.3 is 17.9 Å². The molecule has 0 radical (unpaired) electrons. The van der Waals surface area contributed by atoms with Crippen molar-refractivity contribution in [3.63, 3.8) is 0 Å². The fraction of sp³-hybridized carbons (Fsp3) is 0.500. The number of nitrogens with one attached hydrogen (secondary N) is 1. The van der Waals surface area contributed by atoms with Gasteiger partial charge in [-0.15, -0.1) is 0 Å². The largest absolute Gasteiger partial charge is 0.468 e. The van der Waals surface area contributed by atoms with E-state index in [9.17, 15) is 24.2 Å². The molecule has 3 heterocycles. The van der Waals surface area contributed by atoms with Gasteiger partial charge in [-0.3, -0.25) is 18.9 Å². The molecule has 1 unspecified atom stereocenters. The smallest absolute Gasteiger partial charge is 0.322 e. The Kier molecular flexibility index (Phi) is 8.26. The molecular weight excluding hydrogens is 499 g/mol. The molecule has 36 heavy (non-hydrogen) atoms. The Bertz CT molecular complexity index is 1230. The lowest BCUT2D eigenvalue weighted by atomic mass is 9.95. The summed E-state index contributed by atoms with van der Waals surface area (Å²) in [6.45, 7) is 2.97. The van der Waals surface area contributed by atoms with Gasteiger partial charge in [0.2, 0.25) is 5.60 Å². The van der Waals surface area contributed by atoms with E-state index in [-0.39, 0.29) is 5.82 Å². The van der Waals surface area contributed by atoms with Gasteiger partial charge in [-0.1, -0.05) is 0 Å². The third kappa shape index (κ3) is 5.47. The number of fused-ring (bicyclic) bond motifs is 1. The highest BCUT2D eigenvalue weighted by atomic mass is 31.1. The molecule has 15 nitrogen and oxygen atoms in total. The number of nitrogen functional groups attached to an aromatic ring is 1. The molecule has 2 aromatic heterocycles. The second kappa shape index (κ2) is 11.0. The lowest BCUT2D eigenvalue weighted by Crippen LogP contribution is -2.49. The number of anilines is 1. The van der Waals surface area contributed by atoms with Gasteiger partial charge in [-0.2, -0.15) is 10.4 Å². The van der Waals surface area contributed by atoms with E-state index in [1.54, 1.807) is 12.1 Å². The number of nitriles is 1. The number of nitrogens with two attached hydrogens (primary N) is 1. The summed E-state index contributed by atoms with van der Waals surface area (Å²) < 4.78 is 40.5. The highest BCUT2D eigenvalue weighted by Crippen LogP contribution is 2.45. The topological polar surface area (TPSA) is 206 Å². The average molecular weight is 524 g/mol. The number of carbonyl (C=O) groups is 3. The predicted molar refractivity (Wildman–Crippen MR) is 120 cm³/mol. The first-order valence-corrected chi connectivity index (χ1v) is 11.9. The van der Waals surface area contributed by atoms with Gasteiger partial charge in [0.25, 0.3) is 8.18 Å².